The van der Waals surface area contributed by atoms with Gasteiger partial charge in [-0.2, -0.15) is 5.26 Å². The summed E-state index contributed by atoms with van der Waals surface area (Å²) in [5.41, 5.74) is 1.34. The zero-order chi connectivity index (χ0) is 17.8. The van der Waals surface area contributed by atoms with E-state index >= 15 is 0 Å². The lowest BCUT2D eigenvalue weighted by atomic mass is 9.75. The molecule has 2 aliphatic heterocycles. The van der Waals surface area contributed by atoms with E-state index in [0.717, 1.165) is 29.6 Å². The number of piperidine rings is 2. The van der Waals surface area contributed by atoms with Crippen molar-refractivity contribution in [3.8, 4) is 6.07 Å². The smallest absolute Gasteiger partial charge is 0.125 e. The van der Waals surface area contributed by atoms with Crippen molar-refractivity contribution >= 4 is 0 Å². The predicted octanol–water partition coefficient (Wildman–Crippen LogP) is 4.93. The number of hydrogen-bond acceptors (Lipinski definition) is 2. The van der Waals surface area contributed by atoms with Crippen LogP contribution in [0.4, 0.5) is 0 Å². The maximum atomic E-state index is 10.2. The van der Waals surface area contributed by atoms with Crippen LogP contribution in [0.25, 0.3) is 0 Å². The van der Waals surface area contributed by atoms with E-state index in [9.17, 15) is 5.26 Å². The first-order chi connectivity index (χ1) is 12.8. The van der Waals surface area contributed by atoms with Crippen LogP contribution in [0.2, 0.25) is 0 Å². The zero-order valence-electron chi connectivity index (χ0n) is 15.2. The van der Waals surface area contributed by atoms with Crippen LogP contribution in [0.1, 0.15) is 36.8 Å². The van der Waals surface area contributed by atoms with Crippen LogP contribution in [0, 0.1) is 17.2 Å². The van der Waals surface area contributed by atoms with E-state index in [1.165, 1.54) is 32.2 Å². The van der Waals surface area contributed by atoms with Crippen molar-refractivity contribution in [1.29, 1.82) is 5.26 Å². The molecule has 0 amide bonds. The number of nitriles is 1. The summed E-state index contributed by atoms with van der Waals surface area (Å²) >= 11 is 0. The summed E-state index contributed by atoms with van der Waals surface area (Å²) < 4.78 is 0. The number of rotatable bonds is 5. The van der Waals surface area contributed by atoms with Gasteiger partial charge in [-0.1, -0.05) is 72.8 Å². The summed E-state index contributed by atoms with van der Waals surface area (Å²) in [5, 5.41) is 10.2. The Balaban J connectivity index is 1.62. The monoisotopic (exact) mass is 342 g/mol. The van der Waals surface area contributed by atoms with E-state index in [4.69, 9.17) is 0 Å². The molecule has 5 rings (SSSR count). The first kappa shape index (κ1) is 17.1. The van der Waals surface area contributed by atoms with Crippen molar-refractivity contribution in [3.05, 3.63) is 83.9 Å². The van der Waals surface area contributed by atoms with Gasteiger partial charge in [0.05, 0.1) is 6.07 Å². The van der Waals surface area contributed by atoms with Gasteiger partial charge in [0.25, 0.3) is 0 Å². The molecule has 1 aliphatic carbocycles. The molecule has 2 heterocycles. The van der Waals surface area contributed by atoms with Gasteiger partial charge in [-0.25, -0.2) is 0 Å². The molecule has 2 saturated heterocycles. The number of benzene rings is 2. The van der Waals surface area contributed by atoms with Crippen molar-refractivity contribution < 1.29 is 0 Å². The predicted molar refractivity (Wildman–Crippen MR) is 106 cm³/mol. The number of allylic oxidation sites excluding steroid dienone is 1. The van der Waals surface area contributed by atoms with Crippen molar-refractivity contribution in [2.75, 3.05) is 13.1 Å². The normalized spacial score (nSPS) is 23.2. The fourth-order valence-electron chi connectivity index (χ4n) is 4.69. The third-order valence-corrected chi connectivity index (χ3v) is 6.17. The Morgan fingerprint density at radius 1 is 0.923 bits per heavy atom. The highest BCUT2D eigenvalue weighted by Crippen LogP contribution is 2.36. The minimum absolute atomic E-state index is 0.725. The molecule has 26 heavy (non-hydrogen) atoms. The molecule has 2 aromatic carbocycles. The molecule has 0 radical (unpaired) electrons. The van der Waals surface area contributed by atoms with E-state index in [1.54, 1.807) is 0 Å². The van der Waals surface area contributed by atoms with Gasteiger partial charge >= 0.3 is 0 Å². The molecule has 1 saturated carbocycles. The zero-order valence-corrected chi connectivity index (χ0v) is 15.2. The Labute approximate surface area is 156 Å². The summed E-state index contributed by atoms with van der Waals surface area (Å²) in [7, 11) is 0. The Morgan fingerprint density at radius 2 is 1.50 bits per heavy atom. The highest BCUT2D eigenvalue weighted by Gasteiger charge is 2.34. The topological polar surface area (TPSA) is 27.0 Å². The molecule has 0 aromatic heterocycles. The van der Waals surface area contributed by atoms with Crippen LogP contribution in [0.5, 0.6) is 0 Å². The van der Waals surface area contributed by atoms with Crippen LogP contribution in [-0.4, -0.2) is 24.0 Å². The summed E-state index contributed by atoms with van der Waals surface area (Å²) in [6.07, 6.45) is 9.85. The van der Waals surface area contributed by atoms with Crippen molar-refractivity contribution in [3.63, 3.8) is 0 Å². The first-order valence-corrected chi connectivity index (χ1v) is 9.76. The lowest BCUT2D eigenvalue weighted by molar-refractivity contribution is 0.0593. The van der Waals surface area contributed by atoms with Gasteiger partial charge in [-0.3, -0.25) is 4.90 Å². The molecule has 2 nitrogen and oxygen atoms in total. The highest BCUT2D eigenvalue weighted by molar-refractivity contribution is 5.50. The summed E-state index contributed by atoms with van der Waals surface area (Å²) in [6, 6.07) is 23.7. The van der Waals surface area contributed by atoms with Gasteiger partial charge in [-0.15, -0.1) is 0 Å². The summed E-state index contributed by atoms with van der Waals surface area (Å²) in [4.78, 5) is 2.62. The second-order valence-electron chi connectivity index (χ2n) is 7.68. The lowest BCUT2D eigenvalue weighted by Crippen LogP contribution is -2.47. The average Bonchev–Trinajstić information content (AvgIpc) is 2.74. The molecule has 3 fully saturated rings. The van der Waals surface area contributed by atoms with E-state index in [-0.39, 0.29) is 0 Å². The van der Waals surface area contributed by atoms with Crippen molar-refractivity contribution in [2.24, 2.45) is 5.92 Å². The lowest BCUT2D eigenvalue weighted by Gasteiger charge is -2.45. The molecule has 2 aromatic rings. The third kappa shape index (κ3) is 3.20. The highest BCUT2D eigenvalue weighted by atomic mass is 15.2. The molecule has 0 unspecified atom stereocenters. The van der Waals surface area contributed by atoms with Crippen LogP contribution in [0.3, 0.4) is 0 Å². The maximum Gasteiger partial charge on any atom is 0.125 e. The molecular weight excluding hydrogens is 316 g/mol. The SMILES string of the molecule is N#CC(C=CCN1C[C@H]2CC[C@H]1CC2)(c1ccccc1)c1ccccc1. The van der Waals surface area contributed by atoms with Crippen molar-refractivity contribution in [1.82, 2.24) is 4.90 Å². The molecule has 2 heteroatoms. The fraction of sp³-hybridized carbons (Fsp3) is 0.375. The summed E-state index contributed by atoms with van der Waals surface area (Å²) in [6.45, 7) is 2.18. The van der Waals surface area contributed by atoms with Gasteiger partial charge in [0.15, 0.2) is 0 Å². The van der Waals surface area contributed by atoms with Gasteiger partial charge in [-0.05, 0) is 42.7 Å². The fourth-order valence-corrected chi connectivity index (χ4v) is 4.69. The van der Waals surface area contributed by atoms with Gasteiger partial charge in [0.2, 0.25) is 0 Å². The molecule has 0 atom stereocenters. The Bertz CT molecular complexity index is 740. The standard InChI is InChI=1S/C24H26N2/c25-19-24(21-8-3-1-4-9-21,22-10-5-2-6-11-22)16-7-17-26-18-20-12-14-23(26)15-13-20/h1-11,16,20,23H,12-15,17-18H2/t20-,23-. The molecule has 2 bridgehead atoms. The number of hydrogen-bond donors (Lipinski definition) is 0. The Morgan fingerprint density at radius 3 is 1.96 bits per heavy atom. The largest absolute Gasteiger partial charge is 0.296 e. The Kier molecular flexibility index (Phi) is 4.91. The van der Waals surface area contributed by atoms with E-state index in [2.05, 4.69) is 47.4 Å². The van der Waals surface area contributed by atoms with Crippen LogP contribution >= 0.6 is 0 Å². The van der Waals surface area contributed by atoms with E-state index in [1.807, 2.05) is 36.4 Å². The number of fused-ring (bicyclic) bond motifs is 3. The van der Waals surface area contributed by atoms with E-state index < -0.39 is 5.41 Å². The molecular formula is C24H26N2. The second-order valence-corrected chi connectivity index (χ2v) is 7.68. The van der Waals surface area contributed by atoms with Crippen LogP contribution in [-0.2, 0) is 5.41 Å². The second kappa shape index (κ2) is 7.48. The third-order valence-electron chi connectivity index (χ3n) is 6.17. The minimum Gasteiger partial charge on any atom is -0.296 e. The quantitative estimate of drug-likeness (QED) is 0.721. The summed E-state index contributed by atoms with van der Waals surface area (Å²) in [5.74, 6) is 0.886. The van der Waals surface area contributed by atoms with Gasteiger partial charge < -0.3 is 0 Å². The molecule has 3 aliphatic rings. The molecule has 0 spiro atoms. The van der Waals surface area contributed by atoms with Crippen LogP contribution < -0.4 is 0 Å². The van der Waals surface area contributed by atoms with Gasteiger partial charge in [0, 0.05) is 19.1 Å². The molecule has 132 valence electrons. The first-order valence-electron chi connectivity index (χ1n) is 9.76. The van der Waals surface area contributed by atoms with Gasteiger partial charge in [0.1, 0.15) is 5.41 Å². The van der Waals surface area contributed by atoms with E-state index in [0.29, 0.717) is 0 Å². The minimum atomic E-state index is -0.725. The Hall–Kier alpha value is -2.37. The maximum absolute atomic E-state index is 10.2. The number of nitrogens with zero attached hydrogens (tertiary/aromatic N) is 2. The van der Waals surface area contributed by atoms with Crippen LogP contribution in [0.15, 0.2) is 72.8 Å². The molecule has 0 N–H and O–H groups in total. The van der Waals surface area contributed by atoms with Crippen molar-refractivity contribution in [2.45, 2.75) is 37.1 Å². The average molecular weight is 342 g/mol.